The second-order valence-corrected chi connectivity index (χ2v) is 5.62. The van der Waals surface area contributed by atoms with Crippen LogP contribution in [0.15, 0.2) is 24.3 Å². The van der Waals surface area contributed by atoms with E-state index in [4.69, 9.17) is 15.2 Å². The molecule has 0 spiro atoms. The van der Waals surface area contributed by atoms with Crippen molar-refractivity contribution in [2.45, 2.75) is 31.6 Å². The van der Waals surface area contributed by atoms with Crippen LogP contribution in [0.1, 0.15) is 18.1 Å². The van der Waals surface area contributed by atoms with Crippen molar-refractivity contribution in [3.63, 3.8) is 0 Å². The van der Waals surface area contributed by atoms with E-state index in [2.05, 4.69) is 36.1 Å². The van der Waals surface area contributed by atoms with Crippen LogP contribution in [0, 0.1) is 0 Å². The summed E-state index contributed by atoms with van der Waals surface area (Å²) in [6.07, 6.45) is 1.78. The first-order valence-electron chi connectivity index (χ1n) is 7.23. The molecule has 112 valence electrons. The summed E-state index contributed by atoms with van der Waals surface area (Å²) in [5.41, 5.74) is 8.63. The van der Waals surface area contributed by atoms with E-state index in [0.717, 1.165) is 25.9 Å². The number of nitrogens with zero attached hydrogens (tertiary/aromatic N) is 1. The number of methoxy groups -OCH3 is 2. The molecule has 0 saturated heterocycles. The van der Waals surface area contributed by atoms with Crippen LogP contribution in [-0.2, 0) is 22.3 Å². The normalized spacial score (nSPS) is 19.4. The highest BCUT2D eigenvalue weighted by Crippen LogP contribution is 2.25. The average Bonchev–Trinajstić information content (AvgIpc) is 2.71. The van der Waals surface area contributed by atoms with E-state index in [1.54, 1.807) is 14.2 Å². The Morgan fingerprint density at radius 3 is 2.05 bits per heavy atom. The minimum absolute atomic E-state index is 0.300. The Morgan fingerprint density at radius 2 is 1.65 bits per heavy atom. The van der Waals surface area contributed by atoms with Gasteiger partial charge in [0, 0.05) is 33.9 Å². The van der Waals surface area contributed by atoms with E-state index in [-0.39, 0.29) is 11.8 Å². The van der Waals surface area contributed by atoms with Crippen LogP contribution < -0.4 is 5.73 Å². The third-order valence-corrected chi connectivity index (χ3v) is 4.49. The Bertz CT molecular complexity index is 407. The van der Waals surface area contributed by atoms with Crippen molar-refractivity contribution in [2.75, 3.05) is 33.9 Å². The second kappa shape index (κ2) is 6.68. The van der Waals surface area contributed by atoms with Gasteiger partial charge >= 0.3 is 0 Å². The number of hydrogen-bond donors (Lipinski definition) is 1. The van der Waals surface area contributed by atoms with Gasteiger partial charge in [0.1, 0.15) is 0 Å². The molecule has 1 heterocycles. The van der Waals surface area contributed by atoms with Crippen LogP contribution in [0.4, 0.5) is 0 Å². The molecule has 1 atom stereocenters. The standard InChI is InChI=1S/C16H26N2O2/c1-16(12-17,15(19-2)20-3)18-10-8-13-6-4-5-7-14(13)9-11-18/h4-7,15H,8-12,17H2,1-3H3. The molecule has 0 saturated carbocycles. The van der Waals surface area contributed by atoms with E-state index in [1.165, 1.54) is 11.1 Å². The van der Waals surface area contributed by atoms with Crippen LogP contribution >= 0.6 is 0 Å². The van der Waals surface area contributed by atoms with Crippen LogP contribution in [0.5, 0.6) is 0 Å². The lowest BCUT2D eigenvalue weighted by molar-refractivity contribution is -0.180. The molecule has 2 N–H and O–H groups in total. The lowest BCUT2D eigenvalue weighted by Crippen LogP contribution is -2.61. The summed E-state index contributed by atoms with van der Waals surface area (Å²) in [7, 11) is 3.35. The Hall–Kier alpha value is -0.940. The summed E-state index contributed by atoms with van der Waals surface area (Å²) >= 11 is 0. The van der Waals surface area contributed by atoms with E-state index in [1.807, 2.05) is 0 Å². The first-order valence-corrected chi connectivity index (χ1v) is 7.23. The van der Waals surface area contributed by atoms with Crippen molar-refractivity contribution in [1.82, 2.24) is 4.90 Å². The van der Waals surface area contributed by atoms with Crippen molar-refractivity contribution in [3.8, 4) is 0 Å². The lowest BCUT2D eigenvalue weighted by Gasteiger charge is -2.43. The Labute approximate surface area is 121 Å². The molecule has 4 nitrogen and oxygen atoms in total. The molecule has 0 radical (unpaired) electrons. The zero-order valence-corrected chi connectivity index (χ0v) is 12.8. The minimum Gasteiger partial charge on any atom is -0.354 e. The number of rotatable bonds is 5. The fourth-order valence-corrected chi connectivity index (χ4v) is 3.16. The predicted molar refractivity (Wildman–Crippen MR) is 80.7 cm³/mol. The quantitative estimate of drug-likeness (QED) is 0.828. The molecular weight excluding hydrogens is 252 g/mol. The van der Waals surface area contributed by atoms with Gasteiger partial charge in [0.15, 0.2) is 6.29 Å². The summed E-state index contributed by atoms with van der Waals surface area (Å²) in [6, 6.07) is 8.68. The summed E-state index contributed by atoms with van der Waals surface area (Å²) in [6.45, 7) is 4.60. The molecule has 0 amide bonds. The van der Waals surface area contributed by atoms with E-state index in [9.17, 15) is 0 Å². The molecule has 0 aliphatic carbocycles. The van der Waals surface area contributed by atoms with Crippen LogP contribution in [0.25, 0.3) is 0 Å². The van der Waals surface area contributed by atoms with Crippen LogP contribution in [0.2, 0.25) is 0 Å². The molecule has 20 heavy (non-hydrogen) atoms. The van der Waals surface area contributed by atoms with Gasteiger partial charge in [-0.05, 0) is 30.9 Å². The fraction of sp³-hybridized carbons (Fsp3) is 0.625. The molecule has 1 aliphatic rings. The zero-order valence-electron chi connectivity index (χ0n) is 12.8. The predicted octanol–water partition coefficient (Wildman–Crippen LogP) is 1.42. The second-order valence-electron chi connectivity index (χ2n) is 5.62. The topological polar surface area (TPSA) is 47.7 Å². The van der Waals surface area contributed by atoms with Gasteiger partial charge < -0.3 is 15.2 Å². The van der Waals surface area contributed by atoms with Crippen LogP contribution in [-0.4, -0.2) is 50.6 Å². The average molecular weight is 278 g/mol. The Morgan fingerprint density at radius 1 is 1.15 bits per heavy atom. The maximum absolute atomic E-state index is 6.04. The zero-order chi connectivity index (χ0) is 14.6. The fourth-order valence-electron chi connectivity index (χ4n) is 3.16. The minimum atomic E-state index is -0.311. The maximum Gasteiger partial charge on any atom is 0.176 e. The number of ether oxygens (including phenoxy) is 2. The van der Waals surface area contributed by atoms with Gasteiger partial charge in [-0.25, -0.2) is 0 Å². The highest BCUT2D eigenvalue weighted by molar-refractivity contribution is 5.28. The van der Waals surface area contributed by atoms with Gasteiger partial charge in [0.05, 0.1) is 5.54 Å². The summed E-state index contributed by atoms with van der Waals surface area (Å²) in [5.74, 6) is 0. The number of benzene rings is 1. The molecule has 0 bridgehead atoms. The van der Waals surface area contributed by atoms with Gasteiger partial charge in [-0.1, -0.05) is 24.3 Å². The monoisotopic (exact) mass is 278 g/mol. The van der Waals surface area contributed by atoms with Gasteiger partial charge in [-0.2, -0.15) is 0 Å². The number of fused-ring (bicyclic) bond motifs is 1. The smallest absolute Gasteiger partial charge is 0.176 e. The van der Waals surface area contributed by atoms with Crippen molar-refractivity contribution < 1.29 is 9.47 Å². The number of hydrogen-bond acceptors (Lipinski definition) is 4. The van der Waals surface area contributed by atoms with Crippen LogP contribution in [0.3, 0.4) is 0 Å². The molecule has 4 heteroatoms. The van der Waals surface area contributed by atoms with E-state index in [0.29, 0.717) is 6.54 Å². The molecule has 1 aromatic carbocycles. The first-order chi connectivity index (χ1) is 9.65. The van der Waals surface area contributed by atoms with Gasteiger partial charge in [-0.15, -0.1) is 0 Å². The molecule has 0 fully saturated rings. The largest absolute Gasteiger partial charge is 0.354 e. The van der Waals surface area contributed by atoms with Crippen molar-refractivity contribution >= 4 is 0 Å². The van der Waals surface area contributed by atoms with Gasteiger partial charge in [0.25, 0.3) is 0 Å². The third kappa shape index (κ3) is 2.88. The van der Waals surface area contributed by atoms with Crippen molar-refractivity contribution in [2.24, 2.45) is 5.73 Å². The molecule has 1 aromatic rings. The lowest BCUT2D eigenvalue weighted by atomic mass is 9.98. The highest BCUT2D eigenvalue weighted by atomic mass is 16.7. The van der Waals surface area contributed by atoms with Gasteiger partial charge in [0.2, 0.25) is 0 Å². The Balaban J connectivity index is 2.18. The molecule has 1 unspecified atom stereocenters. The molecule has 0 aromatic heterocycles. The molecular formula is C16H26N2O2. The SMILES string of the molecule is COC(OC)C(C)(CN)N1CCc2ccccc2CC1. The number of nitrogens with two attached hydrogens (primary N) is 1. The van der Waals surface area contributed by atoms with Crippen molar-refractivity contribution in [3.05, 3.63) is 35.4 Å². The van der Waals surface area contributed by atoms with Crippen molar-refractivity contribution in [1.29, 1.82) is 0 Å². The summed E-state index contributed by atoms with van der Waals surface area (Å²) in [5, 5.41) is 0. The molecule has 2 rings (SSSR count). The molecule has 1 aliphatic heterocycles. The van der Waals surface area contributed by atoms with Gasteiger partial charge in [-0.3, -0.25) is 4.90 Å². The third-order valence-electron chi connectivity index (χ3n) is 4.49. The van der Waals surface area contributed by atoms with E-state index < -0.39 is 0 Å². The summed E-state index contributed by atoms with van der Waals surface area (Å²) in [4.78, 5) is 2.41. The summed E-state index contributed by atoms with van der Waals surface area (Å²) < 4.78 is 11.0. The maximum atomic E-state index is 6.04. The first kappa shape index (κ1) is 15.4. The highest BCUT2D eigenvalue weighted by Gasteiger charge is 2.39. The van der Waals surface area contributed by atoms with E-state index >= 15 is 0 Å². The Kier molecular flexibility index (Phi) is 5.16.